The Kier molecular flexibility index (Phi) is 7.04. The fourth-order valence-corrected chi connectivity index (χ4v) is 2.39. The Morgan fingerprint density at radius 3 is 2.35 bits per heavy atom. The van der Waals surface area contributed by atoms with Gasteiger partial charge < -0.3 is 16.0 Å². The Hall–Kier alpha value is -2.53. The van der Waals surface area contributed by atoms with Crippen molar-refractivity contribution in [2.75, 3.05) is 17.2 Å². The first-order valence-corrected chi connectivity index (χ1v) is 8.97. The van der Waals surface area contributed by atoms with Crippen LogP contribution < -0.4 is 16.0 Å². The predicted molar refractivity (Wildman–Crippen MR) is 107 cm³/mol. The van der Waals surface area contributed by atoms with Crippen LogP contribution in [0.4, 0.5) is 11.4 Å². The predicted octanol–water partition coefficient (Wildman–Crippen LogP) is 4.23. The van der Waals surface area contributed by atoms with Crippen LogP contribution in [0.3, 0.4) is 0 Å². The summed E-state index contributed by atoms with van der Waals surface area (Å²) in [6, 6.07) is 12.5. The van der Waals surface area contributed by atoms with Crippen molar-refractivity contribution in [3.63, 3.8) is 0 Å². The average Bonchev–Trinajstić information content (AvgIpc) is 2.63. The molecule has 2 rings (SSSR count). The van der Waals surface area contributed by atoms with E-state index in [9.17, 15) is 9.59 Å². The summed E-state index contributed by atoms with van der Waals surface area (Å²) in [5, 5.41) is 9.38. The molecular weight excluding hydrogens is 350 g/mol. The van der Waals surface area contributed by atoms with Gasteiger partial charge >= 0.3 is 0 Å². The number of halogens is 1. The Morgan fingerprint density at radius 2 is 1.73 bits per heavy atom. The lowest BCUT2D eigenvalue weighted by atomic mass is 10.1. The van der Waals surface area contributed by atoms with E-state index >= 15 is 0 Å². The van der Waals surface area contributed by atoms with Gasteiger partial charge in [-0.25, -0.2) is 0 Å². The summed E-state index contributed by atoms with van der Waals surface area (Å²) in [5.74, 6) is -0.298. The van der Waals surface area contributed by atoms with Gasteiger partial charge in [-0.05, 0) is 62.2 Å². The van der Waals surface area contributed by atoms with Crippen LogP contribution in [0.1, 0.15) is 36.2 Å². The third-order valence-electron chi connectivity index (χ3n) is 4.05. The van der Waals surface area contributed by atoms with Gasteiger partial charge in [-0.15, -0.1) is 0 Å². The van der Waals surface area contributed by atoms with Crippen LogP contribution in [0, 0.1) is 6.92 Å². The fourth-order valence-electron chi connectivity index (χ4n) is 2.20. The molecular formula is C20H24ClN3O2. The molecule has 1 unspecified atom stereocenters. The SMILES string of the molecule is CCC(C)NC(=O)c1ccc(NC(=O)CNc2ccc(C)c(Cl)c2)cc1. The van der Waals surface area contributed by atoms with Crippen LogP contribution in [-0.2, 0) is 4.79 Å². The summed E-state index contributed by atoms with van der Waals surface area (Å²) >= 11 is 6.07. The molecule has 2 aromatic carbocycles. The normalized spacial score (nSPS) is 11.5. The molecule has 6 heteroatoms. The number of rotatable bonds is 7. The zero-order valence-electron chi connectivity index (χ0n) is 15.2. The second-order valence-electron chi connectivity index (χ2n) is 6.23. The molecule has 1 atom stereocenters. The summed E-state index contributed by atoms with van der Waals surface area (Å²) in [5.41, 5.74) is 2.97. The van der Waals surface area contributed by atoms with Gasteiger partial charge in [-0.3, -0.25) is 9.59 Å². The van der Waals surface area contributed by atoms with E-state index in [1.165, 1.54) is 0 Å². The molecule has 0 aromatic heterocycles. The highest BCUT2D eigenvalue weighted by atomic mass is 35.5. The van der Waals surface area contributed by atoms with E-state index in [0.29, 0.717) is 16.3 Å². The largest absolute Gasteiger partial charge is 0.376 e. The van der Waals surface area contributed by atoms with Gasteiger partial charge in [0.25, 0.3) is 5.91 Å². The Morgan fingerprint density at radius 1 is 1.08 bits per heavy atom. The quantitative estimate of drug-likeness (QED) is 0.680. The third kappa shape index (κ3) is 5.77. The molecule has 0 bridgehead atoms. The topological polar surface area (TPSA) is 70.2 Å². The van der Waals surface area contributed by atoms with Gasteiger partial charge in [-0.1, -0.05) is 24.6 Å². The van der Waals surface area contributed by atoms with Crippen LogP contribution >= 0.6 is 11.6 Å². The monoisotopic (exact) mass is 373 g/mol. The smallest absolute Gasteiger partial charge is 0.251 e. The summed E-state index contributed by atoms with van der Waals surface area (Å²) < 4.78 is 0. The molecule has 138 valence electrons. The summed E-state index contributed by atoms with van der Waals surface area (Å²) in [4.78, 5) is 24.1. The van der Waals surface area contributed by atoms with E-state index in [2.05, 4.69) is 16.0 Å². The van der Waals surface area contributed by atoms with Crippen LogP contribution in [-0.4, -0.2) is 24.4 Å². The molecule has 0 saturated heterocycles. The van der Waals surface area contributed by atoms with Gasteiger partial charge in [0.1, 0.15) is 0 Å². The molecule has 0 fully saturated rings. The molecule has 0 spiro atoms. The van der Waals surface area contributed by atoms with E-state index in [1.807, 2.05) is 32.9 Å². The van der Waals surface area contributed by atoms with Gasteiger partial charge in [0.2, 0.25) is 5.91 Å². The Labute approximate surface area is 159 Å². The second-order valence-corrected chi connectivity index (χ2v) is 6.63. The minimum Gasteiger partial charge on any atom is -0.376 e. The van der Waals surface area contributed by atoms with Crippen molar-refractivity contribution in [3.8, 4) is 0 Å². The lowest BCUT2D eigenvalue weighted by Crippen LogP contribution is -2.31. The first-order chi connectivity index (χ1) is 12.4. The Balaban J connectivity index is 1.86. The van der Waals surface area contributed by atoms with Gasteiger partial charge in [0, 0.05) is 28.0 Å². The molecule has 2 amide bonds. The van der Waals surface area contributed by atoms with E-state index < -0.39 is 0 Å². The van der Waals surface area contributed by atoms with E-state index in [4.69, 9.17) is 11.6 Å². The maximum atomic E-state index is 12.1. The fraction of sp³-hybridized carbons (Fsp3) is 0.300. The summed E-state index contributed by atoms with van der Waals surface area (Å²) in [6.45, 7) is 6.02. The van der Waals surface area contributed by atoms with Crippen molar-refractivity contribution in [3.05, 3.63) is 58.6 Å². The average molecular weight is 374 g/mol. The Bertz CT molecular complexity index is 775. The highest BCUT2D eigenvalue weighted by molar-refractivity contribution is 6.31. The van der Waals surface area contributed by atoms with Crippen molar-refractivity contribution in [2.45, 2.75) is 33.2 Å². The highest BCUT2D eigenvalue weighted by Gasteiger charge is 2.09. The molecule has 0 heterocycles. The molecule has 0 aliphatic rings. The van der Waals surface area contributed by atoms with E-state index in [0.717, 1.165) is 17.7 Å². The zero-order valence-corrected chi connectivity index (χ0v) is 16.0. The molecule has 2 aromatic rings. The van der Waals surface area contributed by atoms with Crippen molar-refractivity contribution in [1.82, 2.24) is 5.32 Å². The molecule has 5 nitrogen and oxygen atoms in total. The first kappa shape index (κ1) is 19.8. The van der Waals surface area contributed by atoms with Crippen molar-refractivity contribution in [1.29, 1.82) is 0 Å². The number of amides is 2. The molecule has 3 N–H and O–H groups in total. The van der Waals surface area contributed by atoms with Crippen molar-refractivity contribution < 1.29 is 9.59 Å². The zero-order chi connectivity index (χ0) is 19.1. The number of hydrogen-bond donors (Lipinski definition) is 3. The first-order valence-electron chi connectivity index (χ1n) is 8.60. The summed E-state index contributed by atoms with van der Waals surface area (Å²) in [7, 11) is 0. The van der Waals surface area contributed by atoms with Gasteiger partial charge in [-0.2, -0.15) is 0 Å². The molecule has 0 aliphatic carbocycles. The maximum absolute atomic E-state index is 12.1. The number of carbonyl (C=O) groups is 2. The molecule has 0 saturated carbocycles. The number of benzene rings is 2. The number of anilines is 2. The number of aryl methyl sites for hydroxylation is 1. The van der Waals surface area contributed by atoms with Gasteiger partial charge in [0.15, 0.2) is 0 Å². The van der Waals surface area contributed by atoms with Crippen molar-refractivity contribution >= 4 is 34.8 Å². The third-order valence-corrected chi connectivity index (χ3v) is 4.45. The highest BCUT2D eigenvalue weighted by Crippen LogP contribution is 2.19. The molecule has 26 heavy (non-hydrogen) atoms. The van der Waals surface area contributed by atoms with Crippen LogP contribution in [0.25, 0.3) is 0 Å². The summed E-state index contributed by atoms with van der Waals surface area (Å²) in [6.07, 6.45) is 0.874. The van der Waals surface area contributed by atoms with Gasteiger partial charge in [0.05, 0.1) is 6.54 Å². The van der Waals surface area contributed by atoms with Crippen LogP contribution in [0.2, 0.25) is 5.02 Å². The number of hydrogen-bond acceptors (Lipinski definition) is 3. The van der Waals surface area contributed by atoms with Crippen LogP contribution in [0.15, 0.2) is 42.5 Å². The lowest BCUT2D eigenvalue weighted by Gasteiger charge is -2.12. The second kappa shape index (κ2) is 9.25. The molecule has 0 radical (unpaired) electrons. The van der Waals surface area contributed by atoms with Crippen LogP contribution in [0.5, 0.6) is 0 Å². The van der Waals surface area contributed by atoms with Crippen molar-refractivity contribution in [2.24, 2.45) is 0 Å². The maximum Gasteiger partial charge on any atom is 0.251 e. The van der Waals surface area contributed by atoms with E-state index in [-0.39, 0.29) is 24.4 Å². The standard InChI is InChI=1S/C20H24ClN3O2/c1-4-14(3)23-20(26)15-6-9-16(10-7-15)24-19(25)12-22-17-8-5-13(2)18(21)11-17/h5-11,14,22H,4,12H2,1-3H3,(H,23,26)(H,24,25). The molecule has 0 aliphatic heterocycles. The number of nitrogens with one attached hydrogen (secondary N) is 3. The van der Waals surface area contributed by atoms with E-state index in [1.54, 1.807) is 30.3 Å². The lowest BCUT2D eigenvalue weighted by molar-refractivity contribution is -0.114. The minimum absolute atomic E-state index is 0.116. The minimum atomic E-state index is -0.182. The number of carbonyl (C=O) groups excluding carboxylic acids is 2.